The van der Waals surface area contributed by atoms with Crippen molar-refractivity contribution < 1.29 is 9.53 Å². The van der Waals surface area contributed by atoms with Crippen LogP contribution in [-0.2, 0) is 4.79 Å². The fraction of sp³-hybridized carbons (Fsp3) is 0.350. The van der Waals surface area contributed by atoms with E-state index in [1.807, 2.05) is 19.1 Å². The lowest BCUT2D eigenvalue weighted by Crippen LogP contribution is -2.08. The van der Waals surface area contributed by atoms with Crippen molar-refractivity contribution in [2.75, 3.05) is 6.61 Å². The first-order valence-corrected chi connectivity index (χ1v) is 7.80. The van der Waals surface area contributed by atoms with E-state index in [2.05, 4.69) is 44.2 Å². The first-order valence-electron chi connectivity index (χ1n) is 7.80. The fourth-order valence-electron chi connectivity index (χ4n) is 2.87. The summed E-state index contributed by atoms with van der Waals surface area (Å²) in [6, 6.07) is 14.5. The molecule has 0 bridgehead atoms. The Bertz CT molecular complexity index is 641. The number of benzene rings is 2. The molecule has 2 rings (SSSR count). The molecule has 0 aliphatic heterocycles. The second-order valence-corrected chi connectivity index (χ2v) is 5.82. The van der Waals surface area contributed by atoms with E-state index in [0.717, 1.165) is 11.3 Å². The maximum Gasteiger partial charge on any atom is 0.130 e. The smallest absolute Gasteiger partial charge is 0.130 e. The van der Waals surface area contributed by atoms with Gasteiger partial charge in [0.15, 0.2) is 0 Å². The molecule has 0 spiro atoms. The molecule has 0 saturated heterocycles. The summed E-state index contributed by atoms with van der Waals surface area (Å²) in [6.07, 6.45) is 0.526. The molecule has 1 atom stereocenters. The van der Waals surface area contributed by atoms with Crippen molar-refractivity contribution in [3.05, 3.63) is 64.7 Å². The predicted octanol–water partition coefficient (Wildman–Crippen LogP) is 4.81. The van der Waals surface area contributed by atoms with Crippen molar-refractivity contribution in [3.63, 3.8) is 0 Å². The molecule has 116 valence electrons. The van der Waals surface area contributed by atoms with E-state index in [1.165, 1.54) is 16.7 Å². The van der Waals surface area contributed by atoms with E-state index in [9.17, 15) is 4.79 Å². The molecule has 0 fully saturated rings. The zero-order valence-corrected chi connectivity index (χ0v) is 13.8. The quantitative estimate of drug-likeness (QED) is 0.764. The third-order valence-corrected chi connectivity index (χ3v) is 3.89. The van der Waals surface area contributed by atoms with Gasteiger partial charge in [0.25, 0.3) is 0 Å². The first-order chi connectivity index (χ1) is 10.5. The summed E-state index contributed by atoms with van der Waals surface area (Å²) in [7, 11) is 0. The normalized spacial score (nSPS) is 12.0. The summed E-state index contributed by atoms with van der Waals surface area (Å²) >= 11 is 0. The molecule has 0 aromatic heterocycles. The van der Waals surface area contributed by atoms with Crippen LogP contribution >= 0.6 is 0 Å². The minimum absolute atomic E-state index is 0.105. The number of carbonyl (C=O) groups excluding carboxylic acids is 1. The molecule has 0 heterocycles. The lowest BCUT2D eigenvalue weighted by Gasteiger charge is -2.20. The maximum atomic E-state index is 11.7. The molecule has 2 aromatic rings. The molecule has 0 radical (unpaired) electrons. The van der Waals surface area contributed by atoms with Crippen molar-refractivity contribution in [2.45, 2.75) is 40.0 Å². The van der Waals surface area contributed by atoms with Gasteiger partial charge >= 0.3 is 0 Å². The number of rotatable bonds is 6. The Kier molecular flexibility index (Phi) is 5.37. The summed E-state index contributed by atoms with van der Waals surface area (Å²) in [4.78, 5) is 11.7. The Balaban J connectivity index is 2.39. The van der Waals surface area contributed by atoms with Crippen LogP contribution in [0.4, 0.5) is 0 Å². The van der Waals surface area contributed by atoms with Crippen LogP contribution in [0.3, 0.4) is 0 Å². The van der Waals surface area contributed by atoms with Gasteiger partial charge in [-0.1, -0.05) is 35.9 Å². The molecule has 0 saturated carbocycles. The Hall–Kier alpha value is -2.09. The van der Waals surface area contributed by atoms with Gasteiger partial charge in [0.1, 0.15) is 11.5 Å². The molecule has 0 N–H and O–H groups in total. The molecule has 0 amide bonds. The van der Waals surface area contributed by atoms with Gasteiger partial charge in [0.05, 0.1) is 6.61 Å². The SMILES string of the molecule is CCOc1ccc(C(CC(C)=O)c2ccc(C)cc2C)cc1. The summed E-state index contributed by atoms with van der Waals surface area (Å²) < 4.78 is 5.50. The standard InChI is InChI=1S/C20H24O2/c1-5-22-18-9-7-17(8-10-18)20(13-16(4)21)19-11-6-14(2)12-15(19)3/h6-12,20H,5,13H2,1-4H3. The average Bonchev–Trinajstić information content (AvgIpc) is 2.46. The highest BCUT2D eigenvalue weighted by Crippen LogP contribution is 2.32. The zero-order chi connectivity index (χ0) is 16.1. The van der Waals surface area contributed by atoms with Gasteiger partial charge in [-0.3, -0.25) is 4.79 Å². The molecule has 2 aromatic carbocycles. The van der Waals surface area contributed by atoms with Crippen LogP contribution in [0.25, 0.3) is 0 Å². The van der Waals surface area contributed by atoms with E-state index >= 15 is 0 Å². The number of Topliss-reactive ketones (excluding diaryl/α,β-unsaturated/α-hetero) is 1. The summed E-state index contributed by atoms with van der Waals surface area (Å²) in [5, 5.41) is 0. The van der Waals surface area contributed by atoms with Gasteiger partial charge in [0, 0.05) is 12.3 Å². The third-order valence-electron chi connectivity index (χ3n) is 3.89. The van der Waals surface area contributed by atoms with Crippen molar-refractivity contribution in [2.24, 2.45) is 0 Å². The van der Waals surface area contributed by atoms with Crippen LogP contribution in [0.2, 0.25) is 0 Å². The predicted molar refractivity (Wildman–Crippen MR) is 90.7 cm³/mol. The molecular formula is C20H24O2. The summed E-state index contributed by atoms with van der Waals surface area (Å²) in [6.45, 7) is 8.50. The highest BCUT2D eigenvalue weighted by Gasteiger charge is 2.18. The fourth-order valence-corrected chi connectivity index (χ4v) is 2.87. The Morgan fingerprint density at radius 3 is 2.32 bits per heavy atom. The number of hydrogen-bond donors (Lipinski definition) is 0. The number of ketones is 1. The van der Waals surface area contributed by atoms with E-state index in [0.29, 0.717) is 13.0 Å². The third kappa shape index (κ3) is 3.97. The minimum atomic E-state index is 0.105. The Labute approximate surface area is 133 Å². The van der Waals surface area contributed by atoms with Crippen molar-refractivity contribution >= 4 is 5.78 Å². The summed E-state index contributed by atoms with van der Waals surface area (Å²) in [5.74, 6) is 1.18. The molecule has 2 heteroatoms. The van der Waals surface area contributed by atoms with Crippen LogP contribution in [0.1, 0.15) is 48.4 Å². The van der Waals surface area contributed by atoms with Gasteiger partial charge in [-0.15, -0.1) is 0 Å². The molecule has 0 aliphatic carbocycles. The van der Waals surface area contributed by atoms with E-state index in [1.54, 1.807) is 6.92 Å². The lowest BCUT2D eigenvalue weighted by atomic mass is 9.84. The van der Waals surface area contributed by atoms with Gasteiger partial charge in [-0.05, 0) is 56.5 Å². The molecule has 22 heavy (non-hydrogen) atoms. The van der Waals surface area contributed by atoms with E-state index < -0.39 is 0 Å². The van der Waals surface area contributed by atoms with Gasteiger partial charge in [0.2, 0.25) is 0 Å². The molecular weight excluding hydrogens is 272 g/mol. The van der Waals surface area contributed by atoms with Crippen LogP contribution in [0.5, 0.6) is 5.75 Å². The lowest BCUT2D eigenvalue weighted by molar-refractivity contribution is -0.117. The Morgan fingerprint density at radius 2 is 1.77 bits per heavy atom. The Morgan fingerprint density at radius 1 is 1.09 bits per heavy atom. The van der Waals surface area contributed by atoms with Crippen molar-refractivity contribution in [1.29, 1.82) is 0 Å². The zero-order valence-electron chi connectivity index (χ0n) is 13.8. The van der Waals surface area contributed by atoms with Gasteiger partial charge in [-0.25, -0.2) is 0 Å². The number of aryl methyl sites for hydroxylation is 2. The number of hydrogen-bond acceptors (Lipinski definition) is 2. The molecule has 1 unspecified atom stereocenters. The van der Waals surface area contributed by atoms with Crippen LogP contribution in [0.15, 0.2) is 42.5 Å². The van der Waals surface area contributed by atoms with E-state index in [4.69, 9.17) is 4.74 Å². The van der Waals surface area contributed by atoms with Crippen molar-refractivity contribution in [1.82, 2.24) is 0 Å². The largest absolute Gasteiger partial charge is 0.494 e. The van der Waals surface area contributed by atoms with Crippen LogP contribution < -0.4 is 4.74 Å². The average molecular weight is 296 g/mol. The molecule has 2 nitrogen and oxygen atoms in total. The maximum absolute atomic E-state index is 11.7. The second kappa shape index (κ2) is 7.26. The van der Waals surface area contributed by atoms with Crippen molar-refractivity contribution in [3.8, 4) is 5.75 Å². The van der Waals surface area contributed by atoms with Gasteiger partial charge in [-0.2, -0.15) is 0 Å². The monoisotopic (exact) mass is 296 g/mol. The number of ether oxygens (including phenoxy) is 1. The van der Waals surface area contributed by atoms with Crippen LogP contribution in [0, 0.1) is 13.8 Å². The number of carbonyl (C=O) groups is 1. The minimum Gasteiger partial charge on any atom is -0.494 e. The topological polar surface area (TPSA) is 26.3 Å². The van der Waals surface area contributed by atoms with Gasteiger partial charge < -0.3 is 4.74 Å². The van der Waals surface area contributed by atoms with E-state index in [-0.39, 0.29) is 11.7 Å². The highest BCUT2D eigenvalue weighted by atomic mass is 16.5. The second-order valence-electron chi connectivity index (χ2n) is 5.82. The highest BCUT2D eigenvalue weighted by molar-refractivity contribution is 5.77. The van der Waals surface area contributed by atoms with Crippen LogP contribution in [-0.4, -0.2) is 12.4 Å². The molecule has 0 aliphatic rings. The first kappa shape index (κ1) is 16.3. The summed E-state index contributed by atoms with van der Waals surface area (Å²) in [5.41, 5.74) is 4.87.